The maximum Gasteiger partial charge on any atom is 0.299 e. The molecule has 7 nitrogen and oxygen atoms in total. The molecule has 0 spiro atoms. The van der Waals surface area contributed by atoms with Gasteiger partial charge in [-0.1, -0.05) is 49.6 Å². The maximum absolute atomic E-state index is 13.8. The standard InChI is InChI=1S/C25H25FN4O3S/c1-6-7-22(16(2)26)17(3)29-24-30-34(31,32)23(25(4,5)33-24)19-10-8-18(9-11-19)20-12-13-28-21(14-20)15-27/h6-14,17,23H,1-2H2,3-5H3,(H,29,30)/b22-7+/t17-,23+/m0/s1. The first kappa shape index (κ1) is 24.9. The molecule has 1 fully saturated rings. The van der Waals surface area contributed by atoms with Crippen molar-refractivity contribution in [2.45, 2.75) is 37.7 Å². The summed E-state index contributed by atoms with van der Waals surface area (Å²) in [6.07, 6.45) is 4.37. The second kappa shape index (κ2) is 9.61. The highest BCUT2D eigenvalue weighted by atomic mass is 32.2. The number of pyridine rings is 1. The van der Waals surface area contributed by atoms with Gasteiger partial charge in [0, 0.05) is 11.8 Å². The van der Waals surface area contributed by atoms with Gasteiger partial charge in [0.2, 0.25) is 10.0 Å². The van der Waals surface area contributed by atoms with Gasteiger partial charge in [-0.15, -0.1) is 0 Å². The van der Waals surface area contributed by atoms with Gasteiger partial charge in [0.15, 0.2) is 0 Å². The summed E-state index contributed by atoms with van der Waals surface area (Å²) in [4.78, 5) is 8.18. The van der Waals surface area contributed by atoms with E-state index in [1.165, 1.54) is 12.2 Å². The van der Waals surface area contributed by atoms with Crippen LogP contribution in [0.15, 0.2) is 84.3 Å². The Labute approximate surface area is 199 Å². The number of benzene rings is 1. The predicted octanol–water partition coefficient (Wildman–Crippen LogP) is 4.73. The lowest BCUT2D eigenvalue weighted by molar-refractivity contribution is 0.0763. The normalized spacial score (nSPS) is 21.0. The Morgan fingerprint density at radius 3 is 2.56 bits per heavy atom. The van der Waals surface area contributed by atoms with Crippen LogP contribution in [0.2, 0.25) is 0 Å². The number of rotatable bonds is 6. The topological polar surface area (TPSA) is 104 Å². The zero-order chi connectivity index (χ0) is 25.1. The number of ether oxygens (including phenoxy) is 1. The van der Waals surface area contributed by atoms with Gasteiger partial charge >= 0.3 is 0 Å². The van der Waals surface area contributed by atoms with Gasteiger partial charge in [-0.3, -0.25) is 0 Å². The summed E-state index contributed by atoms with van der Waals surface area (Å²) in [5.74, 6) is -0.691. The van der Waals surface area contributed by atoms with Gasteiger partial charge in [0.05, 0.1) is 6.04 Å². The Bertz CT molecular complexity index is 1320. The van der Waals surface area contributed by atoms with Crippen LogP contribution >= 0.6 is 0 Å². The minimum absolute atomic E-state index is 0.163. The number of aliphatic imine (C=N–C) groups is 1. The second-order valence-corrected chi connectivity index (χ2v) is 10.0. The van der Waals surface area contributed by atoms with Gasteiger partial charge in [0.1, 0.15) is 28.4 Å². The highest BCUT2D eigenvalue weighted by Crippen LogP contribution is 2.39. The van der Waals surface area contributed by atoms with E-state index in [9.17, 15) is 12.8 Å². The fourth-order valence-electron chi connectivity index (χ4n) is 3.86. The number of aromatic nitrogens is 1. The number of amidine groups is 1. The molecule has 1 aromatic heterocycles. The molecular weight excluding hydrogens is 455 g/mol. The van der Waals surface area contributed by atoms with E-state index >= 15 is 0 Å². The SMILES string of the molecule is C=C/C=C(\C(=C)F)[C@H](C)N=C1NS(=O)(=O)[C@H](c2ccc(-c3ccnc(C#N)c3)cc2)C(C)(C)O1. The molecule has 0 aliphatic carbocycles. The van der Waals surface area contributed by atoms with Crippen LogP contribution in [-0.2, 0) is 14.8 Å². The Morgan fingerprint density at radius 1 is 1.32 bits per heavy atom. The zero-order valence-corrected chi connectivity index (χ0v) is 19.9. The third-order valence-electron chi connectivity index (χ3n) is 5.32. The number of halogens is 1. The largest absolute Gasteiger partial charge is 0.457 e. The monoisotopic (exact) mass is 480 g/mol. The highest BCUT2D eigenvalue weighted by molar-refractivity contribution is 7.90. The summed E-state index contributed by atoms with van der Waals surface area (Å²) in [5, 5.41) is 8.03. The number of allylic oxidation sites excluding steroid dienone is 2. The van der Waals surface area contributed by atoms with Crippen molar-refractivity contribution in [1.29, 1.82) is 5.26 Å². The molecule has 1 aromatic carbocycles. The lowest BCUT2D eigenvalue weighted by Gasteiger charge is -2.39. The van der Waals surface area contributed by atoms with E-state index in [0.29, 0.717) is 11.3 Å². The fourth-order valence-corrected chi connectivity index (χ4v) is 5.63. The first-order chi connectivity index (χ1) is 16.0. The lowest BCUT2D eigenvalue weighted by Crippen LogP contribution is -2.53. The number of nitrogens with one attached hydrogen (secondary N) is 1. The summed E-state index contributed by atoms with van der Waals surface area (Å²) in [6.45, 7) is 11.7. The van der Waals surface area contributed by atoms with Crippen molar-refractivity contribution >= 4 is 16.0 Å². The van der Waals surface area contributed by atoms with E-state index in [-0.39, 0.29) is 11.6 Å². The molecule has 1 saturated heterocycles. The molecule has 0 radical (unpaired) electrons. The zero-order valence-electron chi connectivity index (χ0n) is 19.1. The predicted molar refractivity (Wildman–Crippen MR) is 130 cm³/mol. The molecule has 0 saturated carbocycles. The van der Waals surface area contributed by atoms with E-state index in [0.717, 1.165) is 11.1 Å². The van der Waals surface area contributed by atoms with Crippen LogP contribution in [-0.4, -0.2) is 31.1 Å². The molecule has 1 aliphatic rings. The fraction of sp³-hybridized carbons (Fsp3) is 0.240. The van der Waals surface area contributed by atoms with Crippen molar-refractivity contribution in [1.82, 2.24) is 9.71 Å². The van der Waals surface area contributed by atoms with Gasteiger partial charge in [-0.2, -0.15) is 5.26 Å². The van der Waals surface area contributed by atoms with Crippen LogP contribution in [0.5, 0.6) is 0 Å². The average Bonchev–Trinajstić information content (AvgIpc) is 2.76. The van der Waals surface area contributed by atoms with E-state index in [1.807, 2.05) is 6.07 Å². The van der Waals surface area contributed by atoms with Gasteiger partial charge < -0.3 is 4.74 Å². The number of nitrogens with zero attached hydrogens (tertiary/aromatic N) is 3. The van der Waals surface area contributed by atoms with E-state index < -0.39 is 32.7 Å². The highest BCUT2D eigenvalue weighted by Gasteiger charge is 2.48. The summed E-state index contributed by atoms with van der Waals surface area (Å²) in [7, 11) is -3.94. The van der Waals surface area contributed by atoms with Gasteiger partial charge in [-0.05, 0) is 49.6 Å². The van der Waals surface area contributed by atoms with Crippen LogP contribution in [0.3, 0.4) is 0 Å². The number of hydrogen-bond donors (Lipinski definition) is 1. The van der Waals surface area contributed by atoms with Crippen LogP contribution in [0.1, 0.15) is 37.3 Å². The van der Waals surface area contributed by atoms with Crippen molar-refractivity contribution in [2.24, 2.45) is 4.99 Å². The number of nitriles is 1. The number of sulfonamides is 1. The maximum atomic E-state index is 13.8. The van der Waals surface area contributed by atoms with Gasteiger partial charge in [0.25, 0.3) is 6.02 Å². The van der Waals surface area contributed by atoms with Crippen molar-refractivity contribution in [2.75, 3.05) is 0 Å². The molecule has 34 heavy (non-hydrogen) atoms. The summed E-state index contributed by atoms with van der Waals surface area (Å²) >= 11 is 0. The minimum atomic E-state index is -3.94. The van der Waals surface area contributed by atoms with Crippen LogP contribution in [0, 0.1) is 11.3 Å². The minimum Gasteiger partial charge on any atom is -0.457 e. The lowest BCUT2D eigenvalue weighted by atomic mass is 9.95. The molecule has 2 heterocycles. The molecule has 2 aromatic rings. The summed E-state index contributed by atoms with van der Waals surface area (Å²) in [6, 6.07) is 11.4. The smallest absolute Gasteiger partial charge is 0.299 e. The molecule has 2 atom stereocenters. The van der Waals surface area contributed by atoms with Crippen LogP contribution in [0.25, 0.3) is 11.1 Å². The third-order valence-corrected chi connectivity index (χ3v) is 7.24. The van der Waals surface area contributed by atoms with Gasteiger partial charge in [-0.25, -0.2) is 27.5 Å². The molecule has 0 amide bonds. The summed E-state index contributed by atoms with van der Waals surface area (Å²) in [5.41, 5.74) is 1.40. The van der Waals surface area contributed by atoms with Crippen molar-refractivity contribution in [3.05, 3.63) is 90.6 Å². The first-order valence-corrected chi connectivity index (χ1v) is 12.0. The average molecular weight is 481 g/mol. The molecule has 3 rings (SSSR count). The quantitative estimate of drug-likeness (QED) is 0.602. The van der Waals surface area contributed by atoms with Crippen LogP contribution in [0.4, 0.5) is 4.39 Å². The molecular formula is C25H25FN4O3S. The van der Waals surface area contributed by atoms with Crippen LogP contribution < -0.4 is 4.72 Å². The van der Waals surface area contributed by atoms with E-state index in [4.69, 9.17) is 10.00 Å². The van der Waals surface area contributed by atoms with Crippen molar-refractivity contribution in [3.63, 3.8) is 0 Å². The molecule has 0 bridgehead atoms. The Kier molecular flexibility index (Phi) is 7.03. The number of hydrogen-bond acceptors (Lipinski definition) is 6. The molecule has 0 unspecified atom stereocenters. The Hall–Kier alpha value is -3.77. The van der Waals surface area contributed by atoms with Crippen molar-refractivity contribution in [3.8, 4) is 17.2 Å². The summed E-state index contributed by atoms with van der Waals surface area (Å²) < 4.78 is 48.5. The molecule has 1 N–H and O–H groups in total. The third kappa shape index (κ3) is 5.24. The Morgan fingerprint density at radius 2 is 2.00 bits per heavy atom. The van der Waals surface area contributed by atoms with Crippen molar-refractivity contribution < 1.29 is 17.5 Å². The Balaban J connectivity index is 1.92. The van der Waals surface area contributed by atoms with E-state index in [1.54, 1.807) is 63.4 Å². The molecule has 1 aliphatic heterocycles. The first-order valence-electron chi connectivity index (χ1n) is 10.4. The molecule has 9 heteroatoms. The molecule has 176 valence electrons. The van der Waals surface area contributed by atoms with E-state index in [2.05, 4.69) is 27.9 Å². The second-order valence-electron chi connectivity index (χ2n) is 8.27.